The molecule has 2 saturated heterocycles. The first-order valence-electron chi connectivity index (χ1n) is 10.1. The highest BCUT2D eigenvalue weighted by atomic mass is 16.5. The third kappa shape index (κ3) is 3.71. The Morgan fingerprint density at radius 1 is 1.21 bits per heavy atom. The van der Waals surface area contributed by atoms with Crippen LogP contribution in [-0.2, 0) is 9.53 Å². The van der Waals surface area contributed by atoms with E-state index >= 15 is 0 Å². The van der Waals surface area contributed by atoms with Gasteiger partial charge in [0.25, 0.3) is 0 Å². The van der Waals surface area contributed by atoms with Gasteiger partial charge in [-0.25, -0.2) is 4.98 Å². The monoisotopic (exact) mass is 392 g/mol. The molecule has 0 radical (unpaired) electrons. The van der Waals surface area contributed by atoms with Crippen molar-refractivity contribution in [1.82, 2.24) is 15.2 Å². The van der Waals surface area contributed by atoms with Gasteiger partial charge in [0.05, 0.1) is 13.2 Å². The molecule has 0 bridgehead atoms. The number of oxazole rings is 1. The number of benzene rings is 2. The summed E-state index contributed by atoms with van der Waals surface area (Å²) in [5.41, 5.74) is 10.6. The van der Waals surface area contributed by atoms with Gasteiger partial charge in [0.1, 0.15) is 5.52 Å². The van der Waals surface area contributed by atoms with Crippen molar-refractivity contribution in [2.24, 2.45) is 0 Å². The molecular weight excluding hydrogens is 368 g/mol. The second kappa shape index (κ2) is 7.50. The number of hydrogen-bond acceptors (Lipinski definition) is 6. The number of nitrogens with one attached hydrogen (secondary N) is 1. The van der Waals surface area contributed by atoms with Crippen LogP contribution in [0.3, 0.4) is 0 Å². The quantitative estimate of drug-likeness (QED) is 0.511. The standard InChI is InChI=1S/C22H24N4O3/c23-16-13-14(22-25-17-3-1-2-4-19(17)29-22)5-6-15(16)21-18(24-21)7-8-20(27)26-9-11-28-12-10-26/h1-6,13,18,21,24H,7-12,23H2. The summed E-state index contributed by atoms with van der Waals surface area (Å²) in [6.45, 7) is 2.67. The van der Waals surface area contributed by atoms with E-state index in [0.717, 1.165) is 28.6 Å². The molecule has 150 valence electrons. The highest BCUT2D eigenvalue weighted by Gasteiger charge is 2.38. The van der Waals surface area contributed by atoms with E-state index in [0.29, 0.717) is 44.3 Å². The van der Waals surface area contributed by atoms with Crippen LogP contribution in [0, 0.1) is 0 Å². The first kappa shape index (κ1) is 18.1. The summed E-state index contributed by atoms with van der Waals surface area (Å²) in [5.74, 6) is 0.779. The Hall–Kier alpha value is -2.90. The van der Waals surface area contributed by atoms with Gasteiger partial charge in [0.2, 0.25) is 11.8 Å². The maximum atomic E-state index is 12.3. The van der Waals surface area contributed by atoms with Crippen molar-refractivity contribution in [3.63, 3.8) is 0 Å². The number of fused-ring (bicyclic) bond motifs is 1. The second-order valence-corrected chi connectivity index (χ2v) is 7.61. The molecule has 2 aliphatic rings. The fourth-order valence-corrected chi connectivity index (χ4v) is 3.97. The highest BCUT2D eigenvalue weighted by molar-refractivity contribution is 5.77. The molecular formula is C22H24N4O3. The number of carbonyl (C=O) groups is 1. The first-order chi connectivity index (χ1) is 14.2. The van der Waals surface area contributed by atoms with Crippen molar-refractivity contribution in [3.8, 4) is 11.5 Å². The molecule has 7 heteroatoms. The molecule has 0 aliphatic carbocycles. The predicted molar refractivity (Wildman–Crippen MR) is 110 cm³/mol. The largest absolute Gasteiger partial charge is 0.436 e. The number of aromatic nitrogens is 1. The maximum absolute atomic E-state index is 12.3. The zero-order valence-electron chi connectivity index (χ0n) is 16.1. The van der Waals surface area contributed by atoms with Crippen LogP contribution in [0.1, 0.15) is 24.4 Å². The molecule has 5 rings (SSSR count). The predicted octanol–water partition coefficient (Wildman–Crippen LogP) is 2.73. The molecule has 7 nitrogen and oxygen atoms in total. The number of amides is 1. The maximum Gasteiger partial charge on any atom is 0.227 e. The van der Waals surface area contributed by atoms with Crippen molar-refractivity contribution >= 4 is 22.7 Å². The summed E-state index contributed by atoms with van der Waals surface area (Å²) in [4.78, 5) is 18.7. The Morgan fingerprint density at radius 2 is 2.03 bits per heavy atom. The van der Waals surface area contributed by atoms with Gasteiger partial charge < -0.3 is 25.1 Å². The summed E-state index contributed by atoms with van der Waals surface area (Å²) < 4.78 is 11.1. The van der Waals surface area contributed by atoms with Crippen LogP contribution in [0.5, 0.6) is 0 Å². The molecule has 1 aromatic heterocycles. The van der Waals surface area contributed by atoms with E-state index in [-0.39, 0.29) is 18.0 Å². The topological polar surface area (TPSA) is 104 Å². The van der Waals surface area contributed by atoms with Crippen LogP contribution in [0.4, 0.5) is 5.69 Å². The van der Waals surface area contributed by atoms with Gasteiger partial charge in [0, 0.05) is 42.8 Å². The summed E-state index contributed by atoms with van der Waals surface area (Å²) in [6.07, 6.45) is 1.36. The minimum absolute atomic E-state index is 0.199. The Kier molecular flexibility index (Phi) is 4.69. The number of ether oxygens (including phenoxy) is 1. The molecule has 3 N–H and O–H groups in total. The minimum atomic E-state index is 0.199. The van der Waals surface area contributed by atoms with E-state index in [9.17, 15) is 4.79 Å². The molecule has 0 saturated carbocycles. The Bertz CT molecular complexity index is 1010. The van der Waals surface area contributed by atoms with E-state index in [4.69, 9.17) is 14.9 Å². The summed E-state index contributed by atoms with van der Waals surface area (Å²) in [7, 11) is 0. The van der Waals surface area contributed by atoms with Crippen molar-refractivity contribution < 1.29 is 13.9 Å². The van der Waals surface area contributed by atoms with Crippen LogP contribution >= 0.6 is 0 Å². The van der Waals surface area contributed by atoms with Gasteiger partial charge in [-0.1, -0.05) is 18.2 Å². The average Bonchev–Trinajstić information content (AvgIpc) is 3.39. The molecule has 29 heavy (non-hydrogen) atoms. The summed E-state index contributed by atoms with van der Waals surface area (Å²) in [5, 5.41) is 3.45. The summed E-state index contributed by atoms with van der Waals surface area (Å²) >= 11 is 0. The molecule has 2 aromatic carbocycles. The van der Waals surface area contributed by atoms with E-state index in [1.807, 2.05) is 47.4 Å². The molecule has 2 atom stereocenters. The number of anilines is 1. The molecule has 2 unspecified atom stereocenters. The van der Waals surface area contributed by atoms with Crippen molar-refractivity contribution in [1.29, 1.82) is 0 Å². The fourth-order valence-electron chi connectivity index (χ4n) is 3.97. The summed E-state index contributed by atoms with van der Waals surface area (Å²) in [6, 6.07) is 14.1. The SMILES string of the molecule is Nc1cc(-c2nc3ccccc3o2)ccc1C1NC1CCC(=O)N1CCOCC1. The number of rotatable bonds is 5. The van der Waals surface area contributed by atoms with Crippen molar-refractivity contribution in [2.45, 2.75) is 24.9 Å². The third-order valence-electron chi connectivity index (χ3n) is 5.68. The van der Waals surface area contributed by atoms with Gasteiger partial charge in [-0.15, -0.1) is 0 Å². The lowest BCUT2D eigenvalue weighted by atomic mass is 10.0. The number of nitrogen functional groups attached to an aromatic ring is 1. The molecule has 3 heterocycles. The fraction of sp³-hybridized carbons (Fsp3) is 0.364. The Labute approximate surface area is 168 Å². The van der Waals surface area contributed by atoms with Crippen LogP contribution in [0.2, 0.25) is 0 Å². The Morgan fingerprint density at radius 3 is 2.83 bits per heavy atom. The smallest absolute Gasteiger partial charge is 0.227 e. The van der Waals surface area contributed by atoms with E-state index < -0.39 is 0 Å². The molecule has 0 spiro atoms. The van der Waals surface area contributed by atoms with E-state index in [1.54, 1.807) is 0 Å². The average molecular weight is 392 g/mol. The number of nitrogens with zero attached hydrogens (tertiary/aromatic N) is 2. The van der Waals surface area contributed by atoms with E-state index in [2.05, 4.69) is 10.3 Å². The highest BCUT2D eigenvalue weighted by Crippen LogP contribution is 2.38. The number of hydrogen-bond donors (Lipinski definition) is 2. The third-order valence-corrected chi connectivity index (χ3v) is 5.68. The number of para-hydroxylation sites is 2. The normalized spacial score (nSPS) is 21.4. The number of nitrogens with two attached hydrogens (primary N) is 1. The molecule has 3 aromatic rings. The lowest BCUT2D eigenvalue weighted by Gasteiger charge is -2.26. The minimum Gasteiger partial charge on any atom is -0.436 e. The lowest BCUT2D eigenvalue weighted by molar-refractivity contribution is -0.135. The van der Waals surface area contributed by atoms with Crippen molar-refractivity contribution in [2.75, 3.05) is 32.0 Å². The van der Waals surface area contributed by atoms with Gasteiger partial charge in [-0.05, 0) is 36.2 Å². The van der Waals surface area contributed by atoms with Gasteiger partial charge in [-0.3, -0.25) is 4.79 Å². The van der Waals surface area contributed by atoms with Crippen molar-refractivity contribution in [3.05, 3.63) is 48.0 Å². The van der Waals surface area contributed by atoms with Crippen LogP contribution in [-0.4, -0.2) is 48.1 Å². The van der Waals surface area contributed by atoms with Gasteiger partial charge in [0.15, 0.2) is 5.58 Å². The molecule has 2 fully saturated rings. The molecule has 1 amide bonds. The van der Waals surface area contributed by atoms with E-state index in [1.165, 1.54) is 0 Å². The Balaban J connectivity index is 1.23. The zero-order valence-corrected chi connectivity index (χ0v) is 16.1. The zero-order chi connectivity index (χ0) is 19.8. The molecule has 2 aliphatic heterocycles. The first-order valence-corrected chi connectivity index (χ1v) is 10.1. The number of carbonyl (C=O) groups excluding carboxylic acids is 1. The lowest BCUT2D eigenvalue weighted by Crippen LogP contribution is -2.40. The van der Waals surface area contributed by atoms with Crippen LogP contribution in [0.15, 0.2) is 46.9 Å². The van der Waals surface area contributed by atoms with Crippen LogP contribution in [0.25, 0.3) is 22.6 Å². The van der Waals surface area contributed by atoms with Crippen LogP contribution < -0.4 is 11.1 Å². The number of morpholine rings is 1. The van der Waals surface area contributed by atoms with Gasteiger partial charge in [-0.2, -0.15) is 0 Å². The second-order valence-electron chi connectivity index (χ2n) is 7.61. The van der Waals surface area contributed by atoms with Gasteiger partial charge >= 0.3 is 0 Å².